The second-order valence-electron chi connectivity index (χ2n) is 10.1. The zero-order valence-corrected chi connectivity index (χ0v) is 25.9. The molecule has 0 bridgehead atoms. The Morgan fingerprint density at radius 1 is 0.930 bits per heavy atom. The number of sulfonamides is 1. The van der Waals surface area contributed by atoms with Gasteiger partial charge in [-0.2, -0.15) is 4.99 Å². The zero-order chi connectivity index (χ0) is 31.7. The second-order valence-corrected chi connectivity index (χ2v) is 11.6. The van der Waals surface area contributed by atoms with E-state index in [1.165, 1.54) is 11.0 Å². The topological polar surface area (TPSA) is 158 Å². The third-order valence-corrected chi connectivity index (χ3v) is 7.78. The van der Waals surface area contributed by atoms with E-state index in [4.69, 9.17) is 20.3 Å². The van der Waals surface area contributed by atoms with Crippen LogP contribution >= 0.6 is 0 Å². The molecule has 0 aliphatic rings. The summed E-state index contributed by atoms with van der Waals surface area (Å²) in [5, 5.41) is 5.36. The minimum atomic E-state index is -3.92. The molecule has 12 heteroatoms. The van der Waals surface area contributed by atoms with Crippen molar-refractivity contribution in [3.63, 3.8) is 0 Å². The summed E-state index contributed by atoms with van der Waals surface area (Å²) < 4.78 is 35.0. The van der Waals surface area contributed by atoms with Crippen LogP contribution in [0.5, 0.6) is 5.75 Å². The number of nitrogens with zero attached hydrogens (tertiary/aromatic N) is 3. The summed E-state index contributed by atoms with van der Waals surface area (Å²) in [6.07, 6.45) is -1.80. The van der Waals surface area contributed by atoms with Gasteiger partial charge in [0.2, 0.25) is 10.0 Å². The Hall–Kier alpha value is -4.26. The van der Waals surface area contributed by atoms with Gasteiger partial charge in [0.15, 0.2) is 6.23 Å². The van der Waals surface area contributed by atoms with Crippen LogP contribution in [-0.4, -0.2) is 61.6 Å². The first-order chi connectivity index (χ1) is 20.3. The standard InChI is InChI=1S/C31H39N5O6S/c1-6-35(7-2)22(5)41-30(37)34-29(32)25-12-10-11-23(19-25)20-36(21(3)4)31(38)42-26-17-15-24(16-18-26)27-13-8-9-14-28(27)43(33,39)40/h8-19,21-22H,6-7,20H2,1-5H3,(H2,32,34,37)(H2,33,39,40). The lowest BCUT2D eigenvalue weighted by Gasteiger charge is -2.26. The normalized spacial score (nSPS) is 12.7. The summed E-state index contributed by atoms with van der Waals surface area (Å²) in [5.41, 5.74) is 8.42. The number of nitrogens with two attached hydrogens (primary N) is 2. The van der Waals surface area contributed by atoms with Gasteiger partial charge >= 0.3 is 12.2 Å². The lowest BCUT2D eigenvalue weighted by molar-refractivity contribution is 0.00940. The average Bonchev–Trinajstić information content (AvgIpc) is 2.96. The summed E-state index contributed by atoms with van der Waals surface area (Å²) >= 11 is 0. The fraction of sp³-hybridized carbons (Fsp3) is 0.323. The van der Waals surface area contributed by atoms with Crippen molar-refractivity contribution in [3.05, 3.63) is 83.9 Å². The van der Waals surface area contributed by atoms with E-state index < -0.39 is 28.4 Å². The molecule has 11 nitrogen and oxygen atoms in total. The van der Waals surface area contributed by atoms with E-state index in [1.54, 1.807) is 67.6 Å². The number of aliphatic imine (C=N–C) groups is 1. The molecule has 0 aliphatic carbocycles. The molecule has 3 aromatic carbocycles. The number of rotatable bonds is 11. The highest BCUT2D eigenvalue weighted by molar-refractivity contribution is 7.89. The number of benzene rings is 3. The summed E-state index contributed by atoms with van der Waals surface area (Å²) in [6.45, 7) is 11.1. The summed E-state index contributed by atoms with van der Waals surface area (Å²) in [5.74, 6) is 0.288. The molecule has 0 saturated carbocycles. The molecular weight excluding hydrogens is 570 g/mol. The van der Waals surface area contributed by atoms with Gasteiger partial charge in [-0.1, -0.05) is 62.4 Å². The lowest BCUT2D eigenvalue weighted by Crippen LogP contribution is -2.38. The number of carbonyl (C=O) groups is 2. The zero-order valence-electron chi connectivity index (χ0n) is 25.1. The quantitative estimate of drug-likeness (QED) is 0.176. The highest BCUT2D eigenvalue weighted by atomic mass is 32.2. The minimum Gasteiger partial charge on any atom is -0.429 e. The van der Waals surface area contributed by atoms with Crippen molar-refractivity contribution >= 4 is 28.0 Å². The van der Waals surface area contributed by atoms with Gasteiger partial charge in [-0.25, -0.2) is 23.1 Å². The minimum absolute atomic E-state index is 0.00127. The predicted molar refractivity (Wildman–Crippen MR) is 166 cm³/mol. The highest BCUT2D eigenvalue weighted by Crippen LogP contribution is 2.28. The van der Waals surface area contributed by atoms with Crippen LogP contribution in [0, 0.1) is 0 Å². The second kappa shape index (κ2) is 14.8. The molecule has 230 valence electrons. The number of amidine groups is 1. The van der Waals surface area contributed by atoms with Crippen molar-refractivity contribution in [1.29, 1.82) is 0 Å². The number of amides is 2. The number of ether oxygens (including phenoxy) is 2. The predicted octanol–water partition coefficient (Wildman–Crippen LogP) is 4.94. The van der Waals surface area contributed by atoms with E-state index in [1.807, 2.05) is 38.7 Å². The van der Waals surface area contributed by atoms with Crippen LogP contribution in [0.4, 0.5) is 9.59 Å². The summed E-state index contributed by atoms with van der Waals surface area (Å²) in [6, 6.07) is 19.8. The molecule has 0 spiro atoms. The van der Waals surface area contributed by atoms with Crippen LogP contribution in [0.3, 0.4) is 0 Å². The van der Waals surface area contributed by atoms with Crippen molar-refractivity contribution in [1.82, 2.24) is 9.80 Å². The van der Waals surface area contributed by atoms with Crippen LogP contribution in [0.25, 0.3) is 11.1 Å². The molecule has 0 fully saturated rings. The molecular formula is C31H39N5O6S. The Balaban J connectivity index is 1.72. The lowest BCUT2D eigenvalue weighted by atomic mass is 10.1. The monoisotopic (exact) mass is 609 g/mol. The SMILES string of the molecule is CCN(CC)C(C)OC(=O)N=C(N)c1cccc(CN(C(=O)Oc2ccc(-c3ccccc3S(N)(=O)=O)cc2)C(C)C)c1. The first kappa shape index (κ1) is 33.2. The Labute approximate surface area is 253 Å². The van der Waals surface area contributed by atoms with Gasteiger partial charge < -0.3 is 20.1 Å². The van der Waals surface area contributed by atoms with Gasteiger partial charge in [-0.15, -0.1) is 0 Å². The molecule has 1 atom stereocenters. The molecule has 2 amide bonds. The molecule has 0 aromatic heterocycles. The van der Waals surface area contributed by atoms with Crippen LogP contribution in [-0.2, 0) is 21.3 Å². The number of hydrogen-bond acceptors (Lipinski definition) is 7. The van der Waals surface area contributed by atoms with Crippen molar-refractivity contribution in [2.45, 2.75) is 58.3 Å². The van der Waals surface area contributed by atoms with Crippen molar-refractivity contribution < 1.29 is 27.5 Å². The third kappa shape index (κ3) is 9.11. The van der Waals surface area contributed by atoms with Gasteiger partial charge in [0.05, 0.1) is 4.90 Å². The van der Waals surface area contributed by atoms with E-state index >= 15 is 0 Å². The van der Waals surface area contributed by atoms with Gasteiger partial charge in [0.25, 0.3) is 0 Å². The van der Waals surface area contributed by atoms with E-state index in [9.17, 15) is 18.0 Å². The molecule has 4 N–H and O–H groups in total. The first-order valence-corrected chi connectivity index (χ1v) is 15.5. The smallest absolute Gasteiger partial charge is 0.429 e. The Morgan fingerprint density at radius 2 is 1.58 bits per heavy atom. The molecule has 0 heterocycles. The summed E-state index contributed by atoms with van der Waals surface area (Å²) in [7, 11) is -3.92. The average molecular weight is 610 g/mol. The maximum Gasteiger partial charge on any atom is 0.437 e. The fourth-order valence-corrected chi connectivity index (χ4v) is 5.21. The van der Waals surface area contributed by atoms with Crippen LogP contribution in [0.15, 0.2) is 82.7 Å². The molecule has 1 unspecified atom stereocenters. The Bertz CT molecular complexity index is 1550. The van der Waals surface area contributed by atoms with E-state index in [2.05, 4.69) is 4.99 Å². The largest absolute Gasteiger partial charge is 0.437 e. The number of carbonyl (C=O) groups excluding carboxylic acids is 2. The van der Waals surface area contributed by atoms with Gasteiger partial charge in [-0.05, 0) is 69.3 Å². The maximum atomic E-state index is 13.2. The first-order valence-electron chi connectivity index (χ1n) is 13.9. The summed E-state index contributed by atoms with van der Waals surface area (Å²) in [4.78, 5) is 32.9. The molecule has 3 rings (SSSR count). The highest BCUT2D eigenvalue weighted by Gasteiger charge is 2.21. The molecule has 0 saturated heterocycles. The van der Waals surface area contributed by atoms with Crippen LogP contribution < -0.4 is 15.6 Å². The van der Waals surface area contributed by atoms with Crippen LogP contribution in [0.1, 0.15) is 45.7 Å². The van der Waals surface area contributed by atoms with E-state index in [0.717, 1.165) is 18.7 Å². The van der Waals surface area contributed by atoms with E-state index in [0.29, 0.717) is 16.7 Å². The van der Waals surface area contributed by atoms with Gasteiger partial charge in [0.1, 0.15) is 11.6 Å². The molecule has 0 radical (unpaired) electrons. The van der Waals surface area contributed by atoms with Crippen molar-refractivity contribution in [2.24, 2.45) is 15.9 Å². The maximum absolute atomic E-state index is 13.2. The van der Waals surface area contributed by atoms with Crippen molar-refractivity contribution in [3.8, 4) is 16.9 Å². The van der Waals surface area contributed by atoms with Gasteiger partial charge in [-0.3, -0.25) is 4.90 Å². The number of hydrogen-bond donors (Lipinski definition) is 2. The Morgan fingerprint density at radius 3 is 2.19 bits per heavy atom. The number of primary sulfonamides is 1. The van der Waals surface area contributed by atoms with Crippen LogP contribution in [0.2, 0.25) is 0 Å². The molecule has 43 heavy (non-hydrogen) atoms. The fourth-order valence-electron chi connectivity index (χ4n) is 4.45. The Kier molecular flexibility index (Phi) is 11.4. The van der Waals surface area contributed by atoms with Crippen molar-refractivity contribution in [2.75, 3.05) is 13.1 Å². The molecule has 0 aliphatic heterocycles. The molecule has 3 aromatic rings. The third-order valence-electron chi connectivity index (χ3n) is 6.81. The van der Waals surface area contributed by atoms with E-state index in [-0.39, 0.29) is 29.1 Å². The van der Waals surface area contributed by atoms with Gasteiger partial charge in [0, 0.05) is 23.7 Å².